The molecule has 0 aliphatic carbocycles. The summed E-state index contributed by atoms with van der Waals surface area (Å²) in [7, 11) is 4.19. The van der Waals surface area contributed by atoms with E-state index in [1.165, 1.54) is 28.3 Å². The van der Waals surface area contributed by atoms with Crippen molar-refractivity contribution in [2.45, 2.75) is 63.9 Å². The van der Waals surface area contributed by atoms with Crippen molar-refractivity contribution in [2.24, 2.45) is 9.98 Å². The van der Waals surface area contributed by atoms with Crippen LogP contribution in [0.3, 0.4) is 0 Å². The Balaban J connectivity index is 0.952. The number of fused-ring (bicyclic) bond motifs is 8. The molecule has 5 amide bonds. The maximum atomic E-state index is 14.2. The van der Waals surface area contributed by atoms with Crippen molar-refractivity contribution in [3.63, 3.8) is 0 Å². The average Bonchev–Trinajstić information content (AvgIpc) is 3.80. The number of para-hydroxylation sites is 2. The zero-order valence-corrected chi connectivity index (χ0v) is 39.6. The smallest absolute Gasteiger partial charge is 0.307 e. The lowest BCUT2D eigenvalue weighted by atomic mass is 9.98. The number of hydrogen-bond donors (Lipinski definition) is 3. The molecule has 0 saturated carbocycles. The van der Waals surface area contributed by atoms with Gasteiger partial charge in [0.25, 0.3) is 17.7 Å². The van der Waals surface area contributed by atoms with Crippen LogP contribution in [0.5, 0.6) is 23.0 Å². The summed E-state index contributed by atoms with van der Waals surface area (Å²) in [6, 6.07) is 25.6. The van der Waals surface area contributed by atoms with E-state index in [4.69, 9.17) is 28.9 Å². The zero-order valence-electron chi connectivity index (χ0n) is 39.6. The van der Waals surface area contributed by atoms with Crippen LogP contribution in [0.15, 0.2) is 101 Å². The molecular weight excluding hydrogens is 911 g/mol. The van der Waals surface area contributed by atoms with Crippen molar-refractivity contribution in [1.29, 1.82) is 0 Å². The number of nitrogens with zero attached hydrogens (tertiary/aromatic N) is 4. The topological polar surface area (TPSA) is 216 Å². The average molecular weight is 962 g/mol. The molecular formula is C53H51N7O11. The lowest BCUT2D eigenvalue weighted by Crippen LogP contribution is -2.48. The highest BCUT2D eigenvalue weighted by Gasteiger charge is 2.41. The molecule has 4 aliphatic rings. The fourth-order valence-electron chi connectivity index (χ4n) is 9.22. The lowest BCUT2D eigenvalue weighted by molar-refractivity contribution is -0.140. The summed E-state index contributed by atoms with van der Waals surface area (Å²) in [5, 5.41) is 7.71. The summed E-state index contributed by atoms with van der Waals surface area (Å²) >= 11 is 0. The van der Waals surface area contributed by atoms with E-state index in [0.29, 0.717) is 63.0 Å². The van der Waals surface area contributed by atoms with Gasteiger partial charge in [-0.2, -0.15) is 0 Å². The van der Waals surface area contributed by atoms with E-state index in [0.717, 1.165) is 22.5 Å². The lowest BCUT2D eigenvalue weighted by Gasteiger charge is -2.23. The first-order valence-electron chi connectivity index (χ1n) is 23.0. The first-order chi connectivity index (χ1) is 34.3. The molecule has 0 spiro atoms. The molecule has 0 saturated heterocycles. The summed E-state index contributed by atoms with van der Waals surface area (Å²) in [4.78, 5) is 91.9. The molecule has 18 heteroatoms. The number of ether oxygens (including phenoxy) is 5. The van der Waals surface area contributed by atoms with Crippen LogP contribution >= 0.6 is 0 Å². The molecule has 0 radical (unpaired) electrons. The maximum absolute atomic E-state index is 14.2. The van der Waals surface area contributed by atoms with E-state index >= 15 is 0 Å². The molecule has 0 bridgehead atoms. The van der Waals surface area contributed by atoms with Gasteiger partial charge in [0.05, 0.1) is 68.9 Å². The quantitative estimate of drug-likeness (QED) is 0.0989. The van der Waals surface area contributed by atoms with Crippen molar-refractivity contribution >= 4 is 70.7 Å². The van der Waals surface area contributed by atoms with Gasteiger partial charge in [-0.25, -0.2) is 0 Å². The highest BCUT2D eigenvalue weighted by molar-refractivity contribution is 6.16. The Morgan fingerprint density at radius 2 is 1.32 bits per heavy atom. The van der Waals surface area contributed by atoms with Crippen LogP contribution in [0.2, 0.25) is 0 Å². The Kier molecular flexibility index (Phi) is 13.5. The van der Waals surface area contributed by atoms with E-state index in [1.807, 2.05) is 48.5 Å². The van der Waals surface area contributed by atoms with Crippen molar-refractivity contribution in [3.05, 3.63) is 130 Å². The molecule has 0 fully saturated rings. The summed E-state index contributed by atoms with van der Waals surface area (Å²) in [6.45, 7) is 2.94. The predicted molar refractivity (Wildman–Crippen MR) is 263 cm³/mol. The molecule has 4 aliphatic heterocycles. The number of carbonyl (C=O) groups is 6. The normalized spacial score (nSPS) is 17.2. The second-order valence-electron chi connectivity index (χ2n) is 17.4. The number of benzene rings is 5. The number of aliphatic imine (C=N–C) groups is 2. The Morgan fingerprint density at radius 3 is 1.97 bits per heavy atom. The zero-order chi connectivity index (χ0) is 49.9. The molecule has 5 aromatic carbocycles. The van der Waals surface area contributed by atoms with Crippen molar-refractivity contribution in [1.82, 2.24) is 16.0 Å². The Bertz CT molecular complexity index is 3040. The summed E-state index contributed by atoms with van der Waals surface area (Å²) in [5.74, 6) is -1.47. The SMILES string of the molecule is COC(=O)CCNC(=O)C(C)NC(=O)CNC(=O)c1cc(COc2cc3c(cc2OC)C(=O)N2c4ccccc4C(C)C2C=N3)cc(COc2cc3c(cc2OC)C(=O)N2c4ccccc4C[C@H]2C=N3)c1. The minimum atomic E-state index is -0.963. The number of rotatable bonds is 16. The minimum absolute atomic E-state index is 0.0237. The monoisotopic (exact) mass is 961 g/mol. The molecule has 0 aromatic heterocycles. The number of hydrogen-bond acceptors (Lipinski definition) is 13. The van der Waals surface area contributed by atoms with Crippen molar-refractivity contribution < 1.29 is 52.5 Å². The largest absolute Gasteiger partial charge is 0.493 e. The highest BCUT2D eigenvalue weighted by atomic mass is 16.5. The fraction of sp³-hybridized carbons (Fsp3) is 0.283. The van der Waals surface area contributed by atoms with Crippen molar-refractivity contribution in [3.8, 4) is 23.0 Å². The first kappa shape index (κ1) is 47.5. The molecule has 18 nitrogen and oxygen atoms in total. The number of esters is 1. The predicted octanol–water partition coefficient (Wildman–Crippen LogP) is 5.91. The third kappa shape index (κ3) is 9.60. The van der Waals surface area contributed by atoms with Crippen LogP contribution in [0.25, 0.3) is 0 Å². The molecule has 4 atom stereocenters. The van der Waals surface area contributed by atoms with Gasteiger partial charge in [-0.3, -0.25) is 48.6 Å². The third-order valence-corrected chi connectivity index (χ3v) is 12.9. The Hall–Kier alpha value is -8.54. The van der Waals surface area contributed by atoms with Gasteiger partial charge >= 0.3 is 5.97 Å². The molecule has 5 aromatic rings. The number of anilines is 2. The molecule has 364 valence electrons. The van der Waals surface area contributed by atoms with Crippen LogP contribution in [0, 0.1) is 0 Å². The van der Waals surface area contributed by atoms with Crippen LogP contribution < -0.4 is 44.7 Å². The van der Waals surface area contributed by atoms with Gasteiger partial charge < -0.3 is 39.6 Å². The van der Waals surface area contributed by atoms with Gasteiger partial charge in [-0.15, -0.1) is 0 Å². The highest BCUT2D eigenvalue weighted by Crippen LogP contribution is 2.46. The van der Waals surface area contributed by atoms with Gasteiger partial charge in [-0.05, 0) is 71.6 Å². The summed E-state index contributed by atoms with van der Waals surface area (Å²) in [6.07, 6.45) is 4.15. The minimum Gasteiger partial charge on any atom is -0.493 e. The molecule has 3 N–H and O–H groups in total. The first-order valence-corrected chi connectivity index (χ1v) is 23.0. The Labute approximate surface area is 409 Å². The number of nitrogens with one attached hydrogen (secondary N) is 3. The summed E-state index contributed by atoms with van der Waals surface area (Å²) in [5.41, 5.74) is 6.54. The van der Waals surface area contributed by atoms with E-state index < -0.39 is 36.3 Å². The molecule has 71 heavy (non-hydrogen) atoms. The van der Waals surface area contributed by atoms with E-state index in [2.05, 4.69) is 27.6 Å². The van der Waals surface area contributed by atoms with Crippen molar-refractivity contribution in [2.75, 3.05) is 44.2 Å². The second-order valence-corrected chi connectivity index (χ2v) is 17.4. The molecule has 9 rings (SSSR count). The third-order valence-electron chi connectivity index (χ3n) is 12.9. The van der Waals surface area contributed by atoms with Crippen LogP contribution in [0.4, 0.5) is 22.7 Å². The van der Waals surface area contributed by atoms with Gasteiger partial charge in [0.2, 0.25) is 11.8 Å². The Morgan fingerprint density at radius 1 is 0.718 bits per heavy atom. The second kappa shape index (κ2) is 20.2. The molecule has 3 unspecified atom stereocenters. The van der Waals surface area contributed by atoms with Crippen LogP contribution in [-0.2, 0) is 38.8 Å². The van der Waals surface area contributed by atoms with Gasteiger partial charge in [0.15, 0.2) is 23.0 Å². The van der Waals surface area contributed by atoms with E-state index in [1.54, 1.807) is 64.7 Å². The maximum Gasteiger partial charge on any atom is 0.307 e. The van der Waals surface area contributed by atoms with Gasteiger partial charge in [0, 0.05) is 60.4 Å². The molecule has 4 heterocycles. The van der Waals surface area contributed by atoms with Crippen LogP contribution in [-0.4, -0.2) is 100 Å². The van der Waals surface area contributed by atoms with Gasteiger partial charge in [0.1, 0.15) is 19.3 Å². The number of carbonyl (C=O) groups excluding carboxylic acids is 6. The van der Waals surface area contributed by atoms with Gasteiger partial charge in [-0.1, -0.05) is 43.3 Å². The van der Waals surface area contributed by atoms with Crippen LogP contribution in [0.1, 0.15) is 79.5 Å². The number of methoxy groups -OCH3 is 3. The number of amides is 5. The van der Waals surface area contributed by atoms with E-state index in [-0.39, 0.29) is 61.6 Å². The standard InChI is InChI=1S/C53H51N7O11/c1-29-36-11-7-9-13-42(36)60-43(29)25-56-40-23-47(45(68-4)21-38(40)53(60)66)71-28-32-16-31(17-34(18-32)51(64)57-26-48(61)58-30(2)50(63)54-15-14-49(62)69-5)27-70-46-22-39-37(20-44(46)67-3)52(65)59-35(24-55-39)19-33-10-6-8-12-41(33)59/h6-13,16-18,20-25,29-30,35,43H,14-15,19,26-28H2,1-5H3,(H,54,63)(H,57,64)(H,58,61)/t29?,30?,35-,43?/m0/s1. The van der Waals surface area contributed by atoms with E-state index in [9.17, 15) is 28.8 Å². The fourth-order valence-corrected chi connectivity index (χ4v) is 9.22. The summed E-state index contributed by atoms with van der Waals surface area (Å²) < 4.78 is 28.8.